The van der Waals surface area contributed by atoms with Crippen LogP contribution in [0.1, 0.15) is 45.3 Å². The first-order valence-corrected chi connectivity index (χ1v) is 15.3. The first-order chi connectivity index (χ1) is 22.2. The number of hydrogen-bond acceptors (Lipinski definition) is 15. The van der Waals surface area contributed by atoms with Gasteiger partial charge in [0.25, 0.3) is 0 Å². The van der Waals surface area contributed by atoms with Gasteiger partial charge in [-0.05, 0) is 44.9 Å². The van der Waals surface area contributed by atoms with Crippen molar-refractivity contribution in [1.29, 1.82) is 0 Å². The monoisotopic (exact) mass is 666 g/mol. The molecular formula is C32H42O15. The van der Waals surface area contributed by atoms with Gasteiger partial charge in [-0.15, -0.1) is 0 Å². The average Bonchev–Trinajstić information content (AvgIpc) is 3.03. The molecule has 3 saturated heterocycles. The number of ether oxygens (including phenoxy) is 5. The summed E-state index contributed by atoms with van der Waals surface area (Å²) in [6.45, 7) is 4.56. The number of ketones is 1. The summed E-state index contributed by atoms with van der Waals surface area (Å²) in [5.41, 5.74) is 1.69. The molecule has 0 aromatic heterocycles. The van der Waals surface area contributed by atoms with Gasteiger partial charge < -0.3 is 69.6 Å². The largest absolute Gasteiger partial charge is 0.508 e. The number of carbonyl (C=O) groups is 1. The highest BCUT2D eigenvalue weighted by atomic mass is 16.7. The lowest BCUT2D eigenvalue weighted by atomic mass is 9.78. The number of phenols is 1. The summed E-state index contributed by atoms with van der Waals surface area (Å²) in [6.07, 6.45) is -15.9. The summed E-state index contributed by atoms with van der Waals surface area (Å²) in [5, 5.41) is 94.3. The molecule has 4 aliphatic rings. The maximum atomic E-state index is 13.8. The number of aliphatic hydroxyl groups is 8. The minimum Gasteiger partial charge on any atom is -0.508 e. The predicted molar refractivity (Wildman–Crippen MR) is 158 cm³/mol. The van der Waals surface area contributed by atoms with Gasteiger partial charge in [-0.2, -0.15) is 0 Å². The summed E-state index contributed by atoms with van der Waals surface area (Å²) in [6, 6.07) is 6.09. The van der Waals surface area contributed by atoms with Gasteiger partial charge in [0.15, 0.2) is 23.6 Å². The van der Waals surface area contributed by atoms with Gasteiger partial charge in [-0.3, -0.25) is 4.79 Å². The topological polar surface area (TPSA) is 245 Å². The molecule has 15 nitrogen and oxygen atoms in total. The minimum absolute atomic E-state index is 0.0206. The molecule has 0 spiro atoms. The van der Waals surface area contributed by atoms with Crippen LogP contribution < -0.4 is 0 Å². The van der Waals surface area contributed by atoms with Crippen molar-refractivity contribution in [3.63, 3.8) is 0 Å². The molecule has 13 atom stereocenters. The molecule has 0 unspecified atom stereocenters. The Morgan fingerprint density at radius 1 is 0.830 bits per heavy atom. The van der Waals surface area contributed by atoms with Crippen LogP contribution in [0.5, 0.6) is 5.75 Å². The van der Waals surface area contributed by atoms with Gasteiger partial charge >= 0.3 is 0 Å². The molecule has 15 heteroatoms. The zero-order valence-corrected chi connectivity index (χ0v) is 26.0. The number of aromatic hydroxyl groups is 1. The van der Waals surface area contributed by atoms with Crippen LogP contribution in [0.2, 0.25) is 0 Å². The van der Waals surface area contributed by atoms with Crippen LogP contribution in [0, 0.1) is 5.92 Å². The Bertz CT molecular complexity index is 1390. The number of hydrogen-bond donors (Lipinski definition) is 9. The second kappa shape index (κ2) is 14.2. The molecule has 3 aliphatic heterocycles. The van der Waals surface area contributed by atoms with E-state index in [1.54, 1.807) is 18.2 Å². The van der Waals surface area contributed by atoms with Crippen molar-refractivity contribution in [3.05, 3.63) is 64.3 Å². The Morgan fingerprint density at radius 3 is 2.13 bits per heavy atom. The molecule has 0 radical (unpaired) electrons. The van der Waals surface area contributed by atoms with E-state index in [-0.39, 0.29) is 24.2 Å². The van der Waals surface area contributed by atoms with E-state index in [9.17, 15) is 50.8 Å². The molecule has 0 bridgehead atoms. The van der Waals surface area contributed by atoms with Gasteiger partial charge in [-0.1, -0.05) is 23.8 Å². The Kier molecular flexibility index (Phi) is 10.6. The van der Waals surface area contributed by atoms with Crippen molar-refractivity contribution in [1.82, 2.24) is 0 Å². The molecular weight excluding hydrogens is 624 g/mol. The van der Waals surface area contributed by atoms with Crippen LogP contribution in [0.3, 0.4) is 0 Å². The van der Waals surface area contributed by atoms with Crippen molar-refractivity contribution in [2.45, 2.75) is 107 Å². The number of phenolic OH excluding ortho intramolecular Hbond substituents is 1. The third kappa shape index (κ3) is 7.05. The highest BCUT2D eigenvalue weighted by Crippen LogP contribution is 2.46. The van der Waals surface area contributed by atoms with Crippen LogP contribution >= 0.6 is 0 Å². The molecule has 1 aromatic carbocycles. The molecule has 0 saturated carbocycles. The second-order valence-corrected chi connectivity index (χ2v) is 12.5. The van der Waals surface area contributed by atoms with E-state index in [4.69, 9.17) is 23.7 Å². The van der Waals surface area contributed by atoms with Crippen LogP contribution in [0.25, 0.3) is 0 Å². The van der Waals surface area contributed by atoms with Crippen molar-refractivity contribution in [2.24, 2.45) is 5.92 Å². The zero-order chi connectivity index (χ0) is 34.3. The standard InChI is InChI=1S/C32H42O15/c1-12(2)4-9-16-22(36)26(40)30(20-17(34)10-18(45-29(16)20)14-5-7-15(33)8-6-14)47-32-28(42)25(39)23(37)19(46-32)11-43-31-27(41)24(38)21(35)13(3)44-31/h4-8,13,18-21,23-25,27-29,31-33,35-42H,9-11H2,1-3H3/t13-,18-,19+,20+,21+,23+,24+,25-,27+,28+,29+,31+,32-/m0/s1. The molecule has 5 rings (SSSR count). The van der Waals surface area contributed by atoms with E-state index in [0.717, 1.165) is 5.57 Å². The quantitative estimate of drug-likeness (QED) is 0.166. The van der Waals surface area contributed by atoms with Crippen molar-refractivity contribution >= 4 is 5.78 Å². The highest BCUT2D eigenvalue weighted by Gasteiger charge is 2.52. The number of fused-ring (bicyclic) bond motifs is 1. The van der Waals surface area contributed by atoms with E-state index in [2.05, 4.69) is 0 Å². The van der Waals surface area contributed by atoms with Crippen LogP contribution in [0.15, 0.2) is 58.8 Å². The summed E-state index contributed by atoms with van der Waals surface area (Å²) in [5.74, 6) is -3.60. The molecule has 260 valence electrons. The fourth-order valence-electron chi connectivity index (χ4n) is 6.06. The Labute approximate surface area is 270 Å². The summed E-state index contributed by atoms with van der Waals surface area (Å²) >= 11 is 0. The molecule has 3 fully saturated rings. The second-order valence-electron chi connectivity index (χ2n) is 12.5. The first kappa shape index (κ1) is 35.2. The van der Waals surface area contributed by atoms with E-state index in [1.807, 2.05) is 13.8 Å². The van der Waals surface area contributed by atoms with Gasteiger partial charge in [0.1, 0.15) is 66.3 Å². The number of benzene rings is 1. The van der Waals surface area contributed by atoms with Gasteiger partial charge in [-0.25, -0.2) is 0 Å². The van der Waals surface area contributed by atoms with E-state index in [0.29, 0.717) is 5.56 Å². The number of rotatable bonds is 8. The molecule has 47 heavy (non-hydrogen) atoms. The molecule has 9 N–H and O–H groups in total. The fourth-order valence-corrected chi connectivity index (χ4v) is 6.06. The fraction of sp³-hybridized carbons (Fsp3) is 0.594. The lowest BCUT2D eigenvalue weighted by Gasteiger charge is -2.44. The van der Waals surface area contributed by atoms with E-state index < -0.39 is 109 Å². The first-order valence-electron chi connectivity index (χ1n) is 15.3. The SMILES string of the molecule is CC(C)=CCC1=C(O)C(O)=C(O[C@@H]2O[C@H](CO[C@@H]3O[C@@H](C)[C@@H](O)[C@@H](O)[C@H]3O)[C@@H](O)[C@H](O)[C@H]2O)[C@@H]2C(=O)C[C@@H](c3ccc(O)cc3)O[C@H]12. The van der Waals surface area contributed by atoms with Crippen molar-refractivity contribution in [2.75, 3.05) is 6.61 Å². The average molecular weight is 667 g/mol. The van der Waals surface area contributed by atoms with Crippen LogP contribution in [-0.2, 0) is 28.5 Å². The maximum absolute atomic E-state index is 13.8. The Hall–Kier alpha value is -3.09. The van der Waals surface area contributed by atoms with Crippen LogP contribution in [-0.4, -0.2) is 126 Å². The predicted octanol–water partition coefficient (Wildman–Crippen LogP) is 0.0274. The summed E-state index contributed by atoms with van der Waals surface area (Å²) < 4.78 is 28.8. The third-order valence-electron chi connectivity index (χ3n) is 8.87. The molecule has 1 aliphatic carbocycles. The highest BCUT2D eigenvalue weighted by molar-refractivity contribution is 5.86. The van der Waals surface area contributed by atoms with E-state index >= 15 is 0 Å². The van der Waals surface area contributed by atoms with Crippen LogP contribution in [0.4, 0.5) is 0 Å². The number of Topliss-reactive ketones (excluding diaryl/α,β-unsaturated/α-hetero) is 1. The summed E-state index contributed by atoms with van der Waals surface area (Å²) in [7, 11) is 0. The van der Waals surface area contributed by atoms with Crippen molar-refractivity contribution in [3.8, 4) is 5.75 Å². The zero-order valence-electron chi connectivity index (χ0n) is 26.0. The summed E-state index contributed by atoms with van der Waals surface area (Å²) in [4.78, 5) is 13.8. The minimum atomic E-state index is -1.91. The number of allylic oxidation sites excluding steroid dienone is 2. The normalized spacial score (nSPS) is 39.4. The number of carbonyl (C=O) groups excluding carboxylic acids is 1. The van der Waals surface area contributed by atoms with Gasteiger partial charge in [0, 0.05) is 12.0 Å². The maximum Gasteiger partial charge on any atom is 0.228 e. The molecule has 1 aromatic rings. The third-order valence-corrected chi connectivity index (χ3v) is 8.87. The Morgan fingerprint density at radius 2 is 1.47 bits per heavy atom. The van der Waals surface area contributed by atoms with Gasteiger partial charge in [0.2, 0.25) is 6.29 Å². The lowest BCUT2D eigenvalue weighted by Crippen LogP contribution is -2.61. The van der Waals surface area contributed by atoms with Crippen molar-refractivity contribution < 1.29 is 74.4 Å². The lowest BCUT2D eigenvalue weighted by molar-refractivity contribution is -0.325. The molecule has 3 heterocycles. The molecule has 0 amide bonds. The Balaban J connectivity index is 1.40. The smallest absolute Gasteiger partial charge is 0.228 e. The number of aliphatic hydroxyl groups excluding tert-OH is 8. The van der Waals surface area contributed by atoms with Gasteiger partial charge in [0.05, 0.1) is 18.8 Å². The van der Waals surface area contributed by atoms with E-state index in [1.165, 1.54) is 19.1 Å².